The molecule has 0 radical (unpaired) electrons. The van der Waals surface area contributed by atoms with Gasteiger partial charge in [-0.3, -0.25) is 0 Å². The fourth-order valence-electron chi connectivity index (χ4n) is 2.17. The lowest BCUT2D eigenvalue weighted by Gasteiger charge is -2.09. The van der Waals surface area contributed by atoms with Crippen LogP contribution in [0.3, 0.4) is 0 Å². The molecule has 0 unspecified atom stereocenters. The molecule has 114 valence electrons. The number of unbranched alkanes of at least 4 members (excludes halogenated alkanes) is 3. The minimum Gasteiger partial charge on any atom is -0.211 e. The molecular weight excluding hydrogens is 270 g/mol. The van der Waals surface area contributed by atoms with Crippen molar-refractivity contribution in [3.63, 3.8) is 0 Å². The first-order valence-electron chi connectivity index (χ1n) is 7.49. The molecule has 1 rings (SSSR count). The van der Waals surface area contributed by atoms with Crippen LogP contribution in [0.25, 0.3) is 0 Å². The Balaban J connectivity index is 2.29. The van der Waals surface area contributed by atoms with Crippen LogP contribution < -0.4 is 4.72 Å². The van der Waals surface area contributed by atoms with Crippen molar-refractivity contribution >= 4 is 10.0 Å². The molecule has 1 aromatic rings. The second-order valence-corrected chi connectivity index (χ2v) is 7.50. The summed E-state index contributed by atoms with van der Waals surface area (Å²) in [6.45, 7) is 6.81. The Morgan fingerprint density at radius 1 is 1.05 bits per heavy atom. The van der Waals surface area contributed by atoms with Crippen LogP contribution in [0.2, 0.25) is 0 Å². The summed E-state index contributed by atoms with van der Waals surface area (Å²) >= 11 is 0. The Labute approximate surface area is 123 Å². The predicted octanol–water partition coefficient (Wildman–Crippen LogP) is 3.88. The summed E-state index contributed by atoms with van der Waals surface area (Å²) in [4.78, 5) is 0.389. The van der Waals surface area contributed by atoms with Gasteiger partial charge in [-0.1, -0.05) is 57.7 Å². The van der Waals surface area contributed by atoms with Crippen LogP contribution >= 0.6 is 0 Å². The van der Waals surface area contributed by atoms with Crippen LogP contribution in [0, 0.1) is 12.8 Å². The van der Waals surface area contributed by atoms with Crippen LogP contribution in [0.5, 0.6) is 0 Å². The van der Waals surface area contributed by atoms with Crippen LogP contribution in [0.1, 0.15) is 51.5 Å². The van der Waals surface area contributed by atoms with Gasteiger partial charge >= 0.3 is 0 Å². The van der Waals surface area contributed by atoms with E-state index in [-0.39, 0.29) is 0 Å². The molecule has 1 N–H and O–H groups in total. The van der Waals surface area contributed by atoms with Crippen molar-refractivity contribution in [2.24, 2.45) is 5.92 Å². The normalized spacial score (nSPS) is 12.0. The smallest absolute Gasteiger partial charge is 0.211 e. The van der Waals surface area contributed by atoms with Crippen molar-refractivity contribution in [3.05, 3.63) is 29.8 Å². The van der Waals surface area contributed by atoms with E-state index in [1.807, 2.05) is 19.1 Å². The number of aryl methyl sites for hydroxylation is 1. The van der Waals surface area contributed by atoms with Gasteiger partial charge in [0.2, 0.25) is 10.0 Å². The topological polar surface area (TPSA) is 46.2 Å². The second kappa shape index (κ2) is 8.42. The number of benzene rings is 1. The van der Waals surface area contributed by atoms with Gasteiger partial charge in [0.25, 0.3) is 0 Å². The van der Waals surface area contributed by atoms with Gasteiger partial charge in [0.1, 0.15) is 0 Å². The molecule has 0 fully saturated rings. The molecule has 0 heterocycles. The Bertz CT molecular complexity index is 495. The fourth-order valence-corrected chi connectivity index (χ4v) is 3.49. The molecule has 1 aromatic carbocycles. The average molecular weight is 297 g/mol. The van der Waals surface area contributed by atoms with E-state index < -0.39 is 10.0 Å². The van der Waals surface area contributed by atoms with Gasteiger partial charge in [0, 0.05) is 6.54 Å². The van der Waals surface area contributed by atoms with Crippen LogP contribution in [-0.4, -0.2) is 15.0 Å². The van der Waals surface area contributed by atoms with E-state index in [1.165, 1.54) is 19.3 Å². The van der Waals surface area contributed by atoms with Crippen LogP contribution in [-0.2, 0) is 10.0 Å². The fraction of sp³-hybridized carbons (Fsp3) is 0.625. The summed E-state index contributed by atoms with van der Waals surface area (Å²) in [7, 11) is -3.35. The van der Waals surface area contributed by atoms with E-state index in [9.17, 15) is 8.42 Å². The van der Waals surface area contributed by atoms with Crippen LogP contribution in [0.15, 0.2) is 29.2 Å². The van der Waals surface area contributed by atoms with Gasteiger partial charge in [0.15, 0.2) is 0 Å². The van der Waals surface area contributed by atoms with Gasteiger partial charge in [-0.05, 0) is 30.9 Å². The number of hydrogen-bond acceptors (Lipinski definition) is 2. The van der Waals surface area contributed by atoms with Crippen molar-refractivity contribution in [1.29, 1.82) is 0 Å². The summed E-state index contributed by atoms with van der Waals surface area (Å²) in [5.41, 5.74) is 0.789. The Morgan fingerprint density at radius 2 is 1.70 bits per heavy atom. The van der Waals surface area contributed by atoms with Crippen LogP contribution in [0.4, 0.5) is 0 Å². The summed E-state index contributed by atoms with van der Waals surface area (Å²) in [5, 5.41) is 0. The molecule has 0 aliphatic rings. The molecule has 0 bridgehead atoms. The maximum atomic E-state index is 12.1. The number of sulfonamides is 1. The monoisotopic (exact) mass is 297 g/mol. The lowest BCUT2D eigenvalue weighted by Crippen LogP contribution is -2.25. The molecule has 0 aliphatic carbocycles. The van der Waals surface area contributed by atoms with E-state index >= 15 is 0 Å². The molecule has 0 aliphatic heterocycles. The number of nitrogens with one attached hydrogen (secondary N) is 1. The van der Waals surface area contributed by atoms with Gasteiger partial charge in [-0.15, -0.1) is 0 Å². The maximum Gasteiger partial charge on any atom is 0.240 e. The highest BCUT2D eigenvalue weighted by molar-refractivity contribution is 7.89. The molecule has 0 saturated heterocycles. The zero-order valence-electron chi connectivity index (χ0n) is 12.9. The third-order valence-corrected chi connectivity index (χ3v) is 5.00. The molecular formula is C16H27NO2S. The summed E-state index contributed by atoms with van der Waals surface area (Å²) in [6, 6.07) is 7.08. The van der Waals surface area contributed by atoms with Crippen molar-refractivity contribution in [1.82, 2.24) is 4.72 Å². The van der Waals surface area contributed by atoms with Crippen molar-refractivity contribution in [3.8, 4) is 0 Å². The van der Waals surface area contributed by atoms with Gasteiger partial charge < -0.3 is 0 Å². The molecule has 3 nitrogen and oxygen atoms in total. The first-order chi connectivity index (χ1) is 9.43. The van der Waals surface area contributed by atoms with Gasteiger partial charge in [0.05, 0.1) is 4.90 Å². The van der Waals surface area contributed by atoms with E-state index in [0.29, 0.717) is 11.4 Å². The lowest BCUT2D eigenvalue weighted by molar-refractivity contribution is 0.517. The number of rotatable bonds is 9. The minimum atomic E-state index is -3.35. The Hall–Kier alpha value is -0.870. The number of hydrogen-bond donors (Lipinski definition) is 1. The average Bonchev–Trinajstić information content (AvgIpc) is 2.37. The molecule has 0 saturated carbocycles. The second-order valence-electron chi connectivity index (χ2n) is 5.76. The first-order valence-corrected chi connectivity index (χ1v) is 8.97. The SMILES string of the molecule is Cc1ccccc1S(=O)(=O)NCCCCCCC(C)C. The highest BCUT2D eigenvalue weighted by Gasteiger charge is 2.14. The standard InChI is InChI=1S/C16H27NO2S/c1-14(2)10-6-4-5-9-13-17-20(18,19)16-12-8-7-11-15(16)3/h7-8,11-12,14,17H,4-6,9-10,13H2,1-3H3. The maximum absolute atomic E-state index is 12.1. The third kappa shape index (κ3) is 6.06. The quantitative estimate of drug-likeness (QED) is 0.703. The van der Waals surface area contributed by atoms with Crippen molar-refractivity contribution < 1.29 is 8.42 Å². The minimum absolute atomic E-state index is 0.389. The highest BCUT2D eigenvalue weighted by Crippen LogP contribution is 2.14. The van der Waals surface area contributed by atoms with E-state index in [1.54, 1.807) is 12.1 Å². The molecule has 0 amide bonds. The van der Waals surface area contributed by atoms with E-state index in [2.05, 4.69) is 18.6 Å². The molecule has 20 heavy (non-hydrogen) atoms. The molecule has 0 atom stereocenters. The summed E-state index contributed by atoms with van der Waals surface area (Å²) in [6.07, 6.45) is 5.67. The Kier molecular flexibility index (Phi) is 7.24. The molecule has 0 spiro atoms. The van der Waals surface area contributed by atoms with Crippen molar-refractivity contribution in [2.45, 2.75) is 57.8 Å². The van der Waals surface area contributed by atoms with Crippen molar-refractivity contribution in [2.75, 3.05) is 6.54 Å². The van der Waals surface area contributed by atoms with E-state index in [0.717, 1.165) is 24.3 Å². The lowest BCUT2D eigenvalue weighted by atomic mass is 10.0. The molecule has 0 aromatic heterocycles. The van der Waals surface area contributed by atoms with E-state index in [4.69, 9.17) is 0 Å². The summed E-state index contributed by atoms with van der Waals surface area (Å²) < 4.78 is 26.9. The predicted molar refractivity (Wildman–Crippen MR) is 84.3 cm³/mol. The third-order valence-electron chi connectivity index (χ3n) is 3.38. The summed E-state index contributed by atoms with van der Waals surface area (Å²) in [5.74, 6) is 0.759. The Morgan fingerprint density at radius 3 is 2.35 bits per heavy atom. The first kappa shape index (κ1) is 17.2. The largest absolute Gasteiger partial charge is 0.240 e. The van der Waals surface area contributed by atoms with Gasteiger partial charge in [-0.25, -0.2) is 13.1 Å². The van der Waals surface area contributed by atoms with Gasteiger partial charge in [-0.2, -0.15) is 0 Å². The zero-order valence-corrected chi connectivity index (χ0v) is 13.7. The zero-order chi connectivity index (χ0) is 15.0. The molecule has 4 heteroatoms. The highest BCUT2D eigenvalue weighted by atomic mass is 32.2.